The van der Waals surface area contributed by atoms with E-state index in [-0.39, 0.29) is 5.78 Å². The number of methoxy groups -OCH3 is 1. The van der Waals surface area contributed by atoms with Crippen LogP contribution in [0.5, 0.6) is 5.75 Å². The molecule has 0 aliphatic carbocycles. The minimum atomic E-state index is -0.732. The van der Waals surface area contributed by atoms with Crippen LogP contribution >= 0.6 is 0 Å². The average Bonchev–Trinajstić information content (AvgIpc) is 2.94. The summed E-state index contributed by atoms with van der Waals surface area (Å²) in [6.45, 7) is 1.93. The molecule has 2 aromatic carbocycles. The lowest BCUT2D eigenvalue weighted by molar-refractivity contribution is -0.119. The number of Topliss-reactive ketones (excluding diaryl/α,β-unsaturated/α-hetero) is 1. The van der Waals surface area contributed by atoms with Gasteiger partial charge in [0.2, 0.25) is 5.78 Å². The summed E-state index contributed by atoms with van der Waals surface area (Å²) < 4.78 is 5.18. The highest BCUT2D eigenvalue weighted by molar-refractivity contribution is 6.17. The predicted molar refractivity (Wildman–Crippen MR) is 107 cm³/mol. The number of allylic oxidation sites excluding steroid dienone is 2. The number of hydrogen-bond donors (Lipinski definition) is 0. The fourth-order valence-electron chi connectivity index (χ4n) is 3.39. The van der Waals surface area contributed by atoms with Crippen LogP contribution in [-0.4, -0.2) is 23.3 Å². The van der Waals surface area contributed by atoms with E-state index in [1.165, 1.54) is 0 Å². The number of carbonyl (C=O) groups is 1. The fourth-order valence-corrected chi connectivity index (χ4v) is 3.39. The normalized spacial score (nSPS) is 20.4. The molecule has 0 radical (unpaired) electrons. The first-order valence-electron chi connectivity index (χ1n) is 8.79. The molecule has 27 heavy (non-hydrogen) atoms. The molecule has 0 bridgehead atoms. The lowest BCUT2D eigenvalue weighted by Gasteiger charge is -2.34. The van der Waals surface area contributed by atoms with Crippen molar-refractivity contribution in [2.75, 3.05) is 7.11 Å². The van der Waals surface area contributed by atoms with Gasteiger partial charge in [0.25, 0.3) is 0 Å². The van der Waals surface area contributed by atoms with Crippen LogP contribution in [-0.2, 0) is 4.79 Å². The second kappa shape index (κ2) is 6.66. The molecule has 2 aliphatic rings. The van der Waals surface area contributed by atoms with Crippen molar-refractivity contribution in [2.45, 2.75) is 12.5 Å². The largest absolute Gasteiger partial charge is 0.497 e. The lowest BCUT2D eigenvalue weighted by Crippen LogP contribution is -2.43. The second-order valence-corrected chi connectivity index (χ2v) is 6.62. The number of ether oxygens (including phenoxy) is 1. The van der Waals surface area contributed by atoms with Gasteiger partial charge in [-0.15, -0.1) is 0 Å². The van der Waals surface area contributed by atoms with Gasteiger partial charge in [0.05, 0.1) is 18.4 Å². The summed E-state index contributed by atoms with van der Waals surface area (Å²) in [5.74, 6) is 7.08. The van der Waals surface area contributed by atoms with Gasteiger partial charge in [0.15, 0.2) is 0 Å². The van der Waals surface area contributed by atoms with Crippen LogP contribution in [0.2, 0.25) is 0 Å². The molecule has 0 saturated carbocycles. The Bertz CT molecular complexity index is 1030. The molecule has 0 spiro atoms. The Hall–Kier alpha value is -3.51. The van der Waals surface area contributed by atoms with Crippen LogP contribution in [0.3, 0.4) is 0 Å². The van der Waals surface area contributed by atoms with Gasteiger partial charge in [-0.3, -0.25) is 4.79 Å². The van der Waals surface area contributed by atoms with E-state index in [2.05, 4.69) is 11.8 Å². The Labute approximate surface area is 159 Å². The summed E-state index contributed by atoms with van der Waals surface area (Å²) in [4.78, 5) is 15.3. The van der Waals surface area contributed by atoms with E-state index < -0.39 is 5.54 Å². The fraction of sp³-hybridized carbons (Fsp3) is 0.125. The molecule has 0 N–H and O–H groups in total. The highest BCUT2D eigenvalue weighted by Crippen LogP contribution is 2.42. The molecule has 3 heteroatoms. The lowest BCUT2D eigenvalue weighted by atomic mass is 9.92. The monoisotopic (exact) mass is 353 g/mol. The smallest absolute Gasteiger partial charge is 0.202 e. The molecule has 0 fully saturated rings. The summed E-state index contributed by atoms with van der Waals surface area (Å²) in [7, 11) is 1.63. The molecule has 2 heterocycles. The highest BCUT2D eigenvalue weighted by Gasteiger charge is 2.47. The number of ketones is 1. The minimum absolute atomic E-state index is 0.0166. The van der Waals surface area contributed by atoms with Crippen molar-refractivity contribution in [2.24, 2.45) is 0 Å². The topological polar surface area (TPSA) is 29.5 Å². The quantitative estimate of drug-likeness (QED) is 0.759. The molecule has 132 valence electrons. The Kier molecular flexibility index (Phi) is 4.18. The number of carbonyl (C=O) groups excluding carboxylic acids is 1. The van der Waals surface area contributed by atoms with Crippen LogP contribution in [0, 0.1) is 11.8 Å². The zero-order valence-corrected chi connectivity index (χ0v) is 15.3. The SMILES string of the molecule is COc1ccc(C#CC2=C(c3ccccc3)N3C=CC=CC3(C)C2=O)cc1. The van der Waals surface area contributed by atoms with Crippen LogP contribution < -0.4 is 4.74 Å². The Morgan fingerprint density at radius 2 is 1.70 bits per heavy atom. The molecular weight excluding hydrogens is 334 g/mol. The molecular formula is C24H19NO2. The Morgan fingerprint density at radius 3 is 2.41 bits per heavy atom. The van der Waals surface area contributed by atoms with Gasteiger partial charge >= 0.3 is 0 Å². The molecule has 0 saturated heterocycles. The van der Waals surface area contributed by atoms with E-state index in [1.54, 1.807) is 7.11 Å². The maximum absolute atomic E-state index is 13.3. The van der Waals surface area contributed by atoms with Crippen molar-refractivity contribution in [3.8, 4) is 17.6 Å². The third kappa shape index (κ3) is 2.86. The molecule has 1 unspecified atom stereocenters. The van der Waals surface area contributed by atoms with E-state index in [1.807, 2.05) is 90.8 Å². The molecule has 0 aromatic heterocycles. The van der Waals surface area contributed by atoms with E-state index in [0.717, 1.165) is 22.6 Å². The average molecular weight is 353 g/mol. The standard InChI is InChI=1S/C24H19NO2/c1-24-16-6-7-17-25(24)22(19-8-4-3-5-9-19)21(23(24)26)15-12-18-10-13-20(27-2)14-11-18/h3-11,13-14,16-17H,1-2H3. The summed E-state index contributed by atoms with van der Waals surface area (Å²) >= 11 is 0. The zero-order chi connectivity index (χ0) is 18.9. The highest BCUT2D eigenvalue weighted by atomic mass is 16.5. The summed E-state index contributed by atoms with van der Waals surface area (Å²) in [6, 6.07) is 17.4. The second-order valence-electron chi connectivity index (χ2n) is 6.62. The van der Waals surface area contributed by atoms with E-state index >= 15 is 0 Å². The van der Waals surface area contributed by atoms with Crippen molar-refractivity contribution >= 4 is 11.5 Å². The number of nitrogens with zero attached hydrogens (tertiary/aromatic N) is 1. The summed E-state index contributed by atoms with van der Waals surface area (Å²) in [6.07, 6.45) is 7.73. The van der Waals surface area contributed by atoms with Crippen molar-refractivity contribution in [3.05, 3.63) is 95.7 Å². The minimum Gasteiger partial charge on any atom is -0.497 e. The first kappa shape index (κ1) is 16.9. The van der Waals surface area contributed by atoms with Crippen LogP contribution in [0.15, 0.2) is 84.6 Å². The molecule has 4 rings (SSSR count). The Morgan fingerprint density at radius 1 is 0.963 bits per heavy atom. The van der Waals surface area contributed by atoms with Crippen molar-refractivity contribution in [1.29, 1.82) is 0 Å². The van der Waals surface area contributed by atoms with Crippen LogP contribution in [0.4, 0.5) is 0 Å². The van der Waals surface area contributed by atoms with Gasteiger partial charge in [0, 0.05) is 11.8 Å². The van der Waals surface area contributed by atoms with E-state index in [9.17, 15) is 4.79 Å². The number of rotatable bonds is 2. The summed E-state index contributed by atoms with van der Waals surface area (Å²) in [5.41, 5.74) is 2.47. The molecule has 2 aromatic rings. The van der Waals surface area contributed by atoms with Crippen LogP contribution in [0.1, 0.15) is 18.1 Å². The predicted octanol–water partition coefficient (Wildman–Crippen LogP) is 4.18. The number of hydrogen-bond acceptors (Lipinski definition) is 3. The molecule has 1 atom stereocenters. The first-order valence-corrected chi connectivity index (χ1v) is 8.79. The third-order valence-electron chi connectivity index (χ3n) is 4.90. The van der Waals surface area contributed by atoms with E-state index in [0.29, 0.717) is 5.57 Å². The van der Waals surface area contributed by atoms with Gasteiger partial charge in [0.1, 0.15) is 11.3 Å². The summed E-state index contributed by atoms with van der Waals surface area (Å²) in [5, 5.41) is 0. The van der Waals surface area contributed by atoms with Crippen molar-refractivity contribution in [3.63, 3.8) is 0 Å². The number of fused-ring (bicyclic) bond motifs is 1. The van der Waals surface area contributed by atoms with Gasteiger partial charge in [-0.25, -0.2) is 0 Å². The molecule has 2 aliphatic heterocycles. The molecule has 0 amide bonds. The maximum atomic E-state index is 13.3. The van der Waals surface area contributed by atoms with Gasteiger partial charge in [-0.1, -0.05) is 54.3 Å². The van der Waals surface area contributed by atoms with Crippen molar-refractivity contribution < 1.29 is 9.53 Å². The first-order chi connectivity index (χ1) is 13.1. The zero-order valence-electron chi connectivity index (χ0n) is 15.3. The van der Waals surface area contributed by atoms with Crippen LogP contribution in [0.25, 0.3) is 5.70 Å². The molecule has 3 nitrogen and oxygen atoms in total. The van der Waals surface area contributed by atoms with Gasteiger partial charge in [-0.05, 0) is 42.8 Å². The maximum Gasteiger partial charge on any atom is 0.202 e. The van der Waals surface area contributed by atoms with Gasteiger partial charge < -0.3 is 9.64 Å². The van der Waals surface area contributed by atoms with E-state index in [4.69, 9.17) is 4.74 Å². The van der Waals surface area contributed by atoms with Gasteiger partial charge in [-0.2, -0.15) is 0 Å². The van der Waals surface area contributed by atoms with Crippen molar-refractivity contribution in [1.82, 2.24) is 4.90 Å². The Balaban J connectivity index is 1.83. The third-order valence-corrected chi connectivity index (χ3v) is 4.90. The number of benzene rings is 2.